The number of benzene rings is 1. The normalized spacial score (nSPS) is 27.7. The first kappa shape index (κ1) is 14.9. The molecule has 2 aliphatic rings. The van der Waals surface area contributed by atoms with Crippen LogP contribution < -0.4 is 4.74 Å². The first-order valence-electron chi connectivity index (χ1n) is 7.55. The van der Waals surface area contributed by atoms with Gasteiger partial charge in [0.15, 0.2) is 5.78 Å². The number of carbonyl (C=O) groups excluding carboxylic acids is 1. The maximum Gasteiger partial charge on any atom is 0.407 e. The summed E-state index contributed by atoms with van der Waals surface area (Å²) in [7, 11) is 0. The second-order valence-electron chi connectivity index (χ2n) is 7.28. The quantitative estimate of drug-likeness (QED) is 0.800. The van der Waals surface area contributed by atoms with Crippen LogP contribution in [0.1, 0.15) is 37.6 Å². The number of carbonyl (C=O) groups is 2. The van der Waals surface area contributed by atoms with Crippen LogP contribution in [0.4, 0.5) is 4.79 Å². The molecule has 5 nitrogen and oxygen atoms in total. The number of nitrogens with zero attached hydrogens (tertiary/aromatic N) is 1. The van der Waals surface area contributed by atoms with Gasteiger partial charge in [-0.05, 0) is 17.5 Å². The third kappa shape index (κ3) is 2.16. The van der Waals surface area contributed by atoms with Gasteiger partial charge in [0.2, 0.25) is 0 Å². The number of hydrogen-bond donors (Lipinski definition) is 1. The van der Waals surface area contributed by atoms with Crippen molar-refractivity contribution in [2.24, 2.45) is 11.3 Å². The maximum absolute atomic E-state index is 13.1. The van der Waals surface area contributed by atoms with Gasteiger partial charge in [-0.15, -0.1) is 0 Å². The van der Waals surface area contributed by atoms with Crippen LogP contribution in [0.15, 0.2) is 24.3 Å². The van der Waals surface area contributed by atoms with Gasteiger partial charge in [-0.25, -0.2) is 4.79 Å². The fraction of sp³-hybridized carbons (Fsp3) is 0.529. The SMILES string of the molecule is CC(C)(C)C1C(=O)c2ccccc2OC12CCN(C(=O)O)C2. The van der Waals surface area contributed by atoms with Gasteiger partial charge in [0.1, 0.15) is 11.4 Å². The topological polar surface area (TPSA) is 66.8 Å². The minimum Gasteiger partial charge on any atom is -0.484 e. The zero-order valence-electron chi connectivity index (χ0n) is 13.1. The fourth-order valence-corrected chi connectivity index (χ4v) is 3.90. The Kier molecular flexibility index (Phi) is 3.20. The molecule has 0 saturated carbocycles. The molecule has 22 heavy (non-hydrogen) atoms. The van der Waals surface area contributed by atoms with Crippen molar-refractivity contribution < 1.29 is 19.4 Å². The average Bonchev–Trinajstić information content (AvgIpc) is 2.81. The van der Waals surface area contributed by atoms with Crippen molar-refractivity contribution in [2.75, 3.05) is 13.1 Å². The molecule has 2 atom stereocenters. The fourth-order valence-electron chi connectivity index (χ4n) is 3.90. The van der Waals surface area contributed by atoms with E-state index < -0.39 is 11.7 Å². The highest BCUT2D eigenvalue weighted by Gasteiger charge is 2.57. The number of fused-ring (bicyclic) bond motifs is 1. The molecule has 0 aromatic heterocycles. The Labute approximate surface area is 129 Å². The van der Waals surface area contributed by atoms with Gasteiger partial charge >= 0.3 is 6.09 Å². The molecule has 5 heteroatoms. The van der Waals surface area contributed by atoms with Crippen LogP contribution in [0.2, 0.25) is 0 Å². The lowest BCUT2D eigenvalue weighted by Gasteiger charge is -2.46. The zero-order chi connectivity index (χ0) is 16.1. The summed E-state index contributed by atoms with van der Waals surface area (Å²) in [5.74, 6) is 0.265. The first-order valence-corrected chi connectivity index (χ1v) is 7.55. The molecule has 2 unspecified atom stereocenters. The highest BCUT2D eigenvalue weighted by atomic mass is 16.5. The van der Waals surface area contributed by atoms with Gasteiger partial charge in [0, 0.05) is 13.0 Å². The number of amides is 1. The lowest BCUT2D eigenvalue weighted by molar-refractivity contribution is -0.0283. The number of likely N-dealkylation sites (tertiary alicyclic amines) is 1. The summed E-state index contributed by atoms with van der Waals surface area (Å²) in [5, 5.41) is 9.26. The van der Waals surface area contributed by atoms with Crippen LogP contribution in [-0.2, 0) is 0 Å². The van der Waals surface area contributed by atoms with Gasteiger partial charge in [0.25, 0.3) is 0 Å². The highest BCUT2D eigenvalue weighted by Crippen LogP contribution is 2.49. The summed E-state index contributed by atoms with van der Waals surface area (Å²) in [5.41, 5.74) is -0.469. The van der Waals surface area contributed by atoms with Crippen molar-refractivity contribution in [1.82, 2.24) is 4.90 Å². The molecule has 2 aliphatic heterocycles. The summed E-state index contributed by atoms with van der Waals surface area (Å²) in [6.07, 6.45) is -0.416. The van der Waals surface area contributed by atoms with Crippen molar-refractivity contribution in [1.29, 1.82) is 0 Å². The number of rotatable bonds is 0. The van der Waals surface area contributed by atoms with E-state index in [4.69, 9.17) is 4.74 Å². The highest BCUT2D eigenvalue weighted by molar-refractivity contribution is 6.02. The number of carboxylic acid groups (broad SMARTS) is 1. The lowest BCUT2D eigenvalue weighted by atomic mass is 9.65. The molecule has 0 radical (unpaired) electrons. The summed E-state index contributed by atoms with van der Waals surface area (Å²) in [4.78, 5) is 25.7. The summed E-state index contributed by atoms with van der Waals surface area (Å²) < 4.78 is 6.24. The summed E-state index contributed by atoms with van der Waals surface area (Å²) >= 11 is 0. The van der Waals surface area contributed by atoms with Crippen molar-refractivity contribution in [3.05, 3.63) is 29.8 Å². The van der Waals surface area contributed by atoms with E-state index in [0.29, 0.717) is 24.3 Å². The maximum atomic E-state index is 13.1. The lowest BCUT2D eigenvalue weighted by Crippen LogP contribution is -2.57. The molecule has 118 valence electrons. The Morgan fingerprint density at radius 3 is 2.64 bits per heavy atom. The van der Waals surface area contributed by atoms with Crippen molar-refractivity contribution in [3.63, 3.8) is 0 Å². The van der Waals surface area contributed by atoms with E-state index in [1.807, 2.05) is 32.9 Å². The van der Waals surface area contributed by atoms with Crippen LogP contribution in [0.3, 0.4) is 0 Å². The van der Waals surface area contributed by atoms with Crippen LogP contribution in [0.5, 0.6) is 5.75 Å². The zero-order valence-corrected chi connectivity index (χ0v) is 13.1. The predicted octanol–water partition coefficient (Wildman–Crippen LogP) is 3.05. The standard InChI is InChI=1S/C17H21NO4/c1-16(2,3)14-13(19)11-6-4-5-7-12(11)22-17(14)8-9-18(10-17)15(20)21/h4-7,14H,8-10H2,1-3H3,(H,20,21). The van der Waals surface area contributed by atoms with E-state index in [2.05, 4.69) is 0 Å². The van der Waals surface area contributed by atoms with Crippen LogP contribution in [-0.4, -0.2) is 40.6 Å². The number of ether oxygens (including phenoxy) is 1. The predicted molar refractivity (Wildman–Crippen MR) is 81.3 cm³/mol. The molecular weight excluding hydrogens is 282 g/mol. The Morgan fingerprint density at radius 1 is 1.36 bits per heavy atom. The van der Waals surface area contributed by atoms with Crippen molar-refractivity contribution in [2.45, 2.75) is 32.8 Å². The van der Waals surface area contributed by atoms with E-state index in [-0.39, 0.29) is 23.7 Å². The molecular formula is C17H21NO4. The average molecular weight is 303 g/mol. The molecule has 3 rings (SSSR count). The van der Waals surface area contributed by atoms with Gasteiger partial charge in [0.05, 0.1) is 18.0 Å². The molecule has 0 aliphatic carbocycles. The number of Topliss-reactive ketones (excluding diaryl/α,β-unsaturated/α-hetero) is 1. The Morgan fingerprint density at radius 2 is 2.05 bits per heavy atom. The second kappa shape index (κ2) is 4.73. The van der Waals surface area contributed by atoms with Crippen molar-refractivity contribution >= 4 is 11.9 Å². The molecule has 1 saturated heterocycles. The van der Waals surface area contributed by atoms with E-state index >= 15 is 0 Å². The van der Waals surface area contributed by atoms with Crippen LogP contribution >= 0.6 is 0 Å². The minimum atomic E-state index is -0.959. The number of ketones is 1. The van der Waals surface area contributed by atoms with Gasteiger partial charge in [-0.3, -0.25) is 4.79 Å². The van der Waals surface area contributed by atoms with E-state index in [0.717, 1.165) is 0 Å². The number of para-hydroxylation sites is 1. The molecule has 1 N–H and O–H groups in total. The van der Waals surface area contributed by atoms with E-state index in [9.17, 15) is 14.7 Å². The van der Waals surface area contributed by atoms with Crippen LogP contribution in [0.25, 0.3) is 0 Å². The first-order chi connectivity index (χ1) is 10.2. The molecule has 1 spiro atoms. The van der Waals surface area contributed by atoms with Gasteiger partial charge in [-0.2, -0.15) is 0 Å². The molecule has 1 aromatic rings. The minimum absolute atomic E-state index is 0.0570. The van der Waals surface area contributed by atoms with E-state index in [1.54, 1.807) is 12.1 Å². The third-order valence-electron chi connectivity index (χ3n) is 4.65. The smallest absolute Gasteiger partial charge is 0.407 e. The Bertz CT molecular complexity index is 634. The monoisotopic (exact) mass is 303 g/mol. The molecule has 1 amide bonds. The third-order valence-corrected chi connectivity index (χ3v) is 4.65. The van der Waals surface area contributed by atoms with Gasteiger partial charge < -0.3 is 14.7 Å². The van der Waals surface area contributed by atoms with Gasteiger partial charge in [-0.1, -0.05) is 32.9 Å². The largest absolute Gasteiger partial charge is 0.484 e. The second-order valence-corrected chi connectivity index (χ2v) is 7.28. The molecule has 1 fully saturated rings. The molecule has 1 aromatic carbocycles. The summed E-state index contributed by atoms with van der Waals surface area (Å²) in [6.45, 7) is 6.68. The van der Waals surface area contributed by atoms with E-state index in [1.165, 1.54) is 4.90 Å². The van der Waals surface area contributed by atoms with Crippen LogP contribution in [0, 0.1) is 11.3 Å². The molecule has 0 bridgehead atoms. The summed E-state index contributed by atoms with van der Waals surface area (Å²) in [6, 6.07) is 7.24. The Balaban J connectivity index is 2.09. The number of hydrogen-bond acceptors (Lipinski definition) is 3. The Hall–Kier alpha value is -2.04. The van der Waals surface area contributed by atoms with Crippen molar-refractivity contribution in [3.8, 4) is 5.75 Å². The molecule has 2 heterocycles.